The topological polar surface area (TPSA) is 37.8 Å². The zero-order valence-electron chi connectivity index (χ0n) is 10.6. The molecular weight excluding hydrogens is 230 g/mol. The van der Waals surface area contributed by atoms with E-state index in [1.165, 1.54) is 25.7 Å². The first kappa shape index (κ1) is 12.8. The molecule has 0 bridgehead atoms. The number of hydrogen-bond acceptors (Lipinski definition) is 4. The first-order valence-electron chi connectivity index (χ1n) is 6.43. The fraction of sp³-hybridized carbons (Fsp3) is 0.692. The second kappa shape index (κ2) is 6.36. The summed E-state index contributed by atoms with van der Waals surface area (Å²) in [6.45, 7) is 2.30. The van der Waals surface area contributed by atoms with Crippen molar-refractivity contribution in [2.24, 2.45) is 5.92 Å². The summed E-state index contributed by atoms with van der Waals surface area (Å²) < 4.78 is 0. The Morgan fingerprint density at radius 2 is 2.29 bits per heavy atom. The predicted octanol–water partition coefficient (Wildman–Crippen LogP) is 2.74. The summed E-state index contributed by atoms with van der Waals surface area (Å²) in [4.78, 5) is 8.50. The van der Waals surface area contributed by atoms with Gasteiger partial charge >= 0.3 is 0 Å². The van der Waals surface area contributed by atoms with E-state index >= 15 is 0 Å². The molecule has 3 unspecified atom stereocenters. The number of aromatic nitrogens is 2. The SMILES string of the molecule is CCC1CCC(NC)C(Sc2cnccn2)C1. The number of nitrogens with one attached hydrogen (secondary N) is 1. The number of nitrogens with zero attached hydrogens (tertiary/aromatic N) is 2. The number of rotatable bonds is 4. The molecule has 4 heteroatoms. The summed E-state index contributed by atoms with van der Waals surface area (Å²) in [6.07, 6.45) is 10.6. The second-order valence-corrected chi connectivity index (χ2v) is 5.94. The van der Waals surface area contributed by atoms with Crippen LogP contribution in [0.1, 0.15) is 32.6 Å². The fourth-order valence-electron chi connectivity index (χ4n) is 2.54. The zero-order valence-corrected chi connectivity index (χ0v) is 11.4. The van der Waals surface area contributed by atoms with Gasteiger partial charge in [0, 0.05) is 23.7 Å². The quantitative estimate of drug-likeness (QED) is 0.893. The van der Waals surface area contributed by atoms with Crippen LogP contribution in [0.5, 0.6) is 0 Å². The summed E-state index contributed by atoms with van der Waals surface area (Å²) in [7, 11) is 2.07. The van der Waals surface area contributed by atoms with Crippen molar-refractivity contribution < 1.29 is 0 Å². The smallest absolute Gasteiger partial charge is 0.115 e. The molecule has 1 N–H and O–H groups in total. The largest absolute Gasteiger partial charge is 0.316 e. The van der Waals surface area contributed by atoms with Crippen LogP contribution in [-0.2, 0) is 0 Å². The molecule has 1 aromatic rings. The Kier molecular flexibility index (Phi) is 4.80. The maximum atomic E-state index is 4.37. The Labute approximate surface area is 108 Å². The minimum absolute atomic E-state index is 0.616. The summed E-state index contributed by atoms with van der Waals surface area (Å²) in [5.41, 5.74) is 0. The van der Waals surface area contributed by atoms with Gasteiger partial charge in [0.05, 0.1) is 6.20 Å². The van der Waals surface area contributed by atoms with E-state index in [9.17, 15) is 0 Å². The molecule has 0 spiro atoms. The molecule has 0 aliphatic heterocycles. The maximum absolute atomic E-state index is 4.37. The normalized spacial score (nSPS) is 29.2. The molecular formula is C13H21N3S. The van der Waals surface area contributed by atoms with Crippen molar-refractivity contribution in [1.82, 2.24) is 15.3 Å². The molecule has 3 nitrogen and oxygen atoms in total. The van der Waals surface area contributed by atoms with Gasteiger partial charge in [0.15, 0.2) is 0 Å². The third kappa shape index (κ3) is 3.42. The third-order valence-electron chi connectivity index (χ3n) is 3.66. The minimum Gasteiger partial charge on any atom is -0.316 e. The molecule has 1 aliphatic carbocycles. The van der Waals surface area contributed by atoms with E-state index in [-0.39, 0.29) is 0 Å². The highest BCUT2D eigenvalue weighted by molar-refractivity contribution is 7.99. The molecule has 0 radical (unpaired) electrons. The fourth-order valence-corrected chi connectivity index (χ4v) is 3.90. The molecule has 2 rings (SSSR count). The predicted molar refractivity (Wildman–Crippen MR) is 72.2 cm³/mol. The van der Waals surface area contributed by atoms with Crippen LogP contribution < -0.4 is 5.32 Å². The van der Waals surface area contributed by atoms with Crippen molar-refractivity contribution in [3.8, 4) is 0 Å². The lowest BCUT2D eigenvalue weighted by Gasteiger charge is -2.35. The van der Waals surface area contributed by atoms with E-state index in [2.05, 4.69) is 29.3 Å². The van der Waals surface area contributed by atoms with Crippen molar-refractivity contribution in [3.63, 3.8) is 0 Å². The van der Waals surface area contributed by atoms with Gasteiger partial charge in [-0.1, -0.05) is 25.1 Å². The monoisotopic (exact) mass is 251 g/mol. The zero-order chi connectivity index (χ0) is 12.1. The van der Waals surface area contributed by atoms with E-state index in [4.69, 9.17) is 0 Å². The second-order valence-electron chi connectivity index (χ2n) is 4.68. The molecule has 1 aromatic heterocycles. The molecule has 1 saturated carbocycles. The highest BCUT2D eigenvalue weighted by Gasteiger charge is 2.29. The van der Waals surface area contributed by atoms with Crippen molar-refractivity contribution in [3.05, 3.63) is 18.6 Å². The van der Waals surface area contributed by atoms with Gasteiger partial charge in [-0.25, -0.2) is 4.98 Å². The van der Waals surface area contributed by atoms with Crippen LogP contribution in [0, 0.1) is 5.92 Å². The molecule has 17 heavy (non-hydrogen) atoms. The van der Waals surface area contributed by atoms with Gasteiger partial charge in [0.1, 0.15) is 5.03 Å². The van der Waals surface area contributed by atoms with E-state index < -0.39 is 0 Å². The van der Waals surface area contributed by atoms with Crippen LogP contribution in [0.15, 0.2) is 23.6 Å². The van der Waals surface area contributed by atoms with Crippen LogP contribution in [-0.4, -0.2) is 28.3 Å². The summed E-state index contributed by atoms with van der Waals surface area (Å²) in [5.74, 6) is 0.883. The number of thioether (sulfide) groups is 1. The highest BCUT2D eigenvalue weighted by atomic mass is 32.2. The van der Waals surface area contributed by atoms with Gasteiger partial charge in [-0.15, -0.1) is 0 Å². The summed E-state index contributed by atoms with van der Waals surface area (Å²) in [6, 6.07) is 0.616. The van der Waals surface area contributed by atoms with Gasteiger partial charge in [0.2, 0.25) is 0 Å². The molecule has 1 aliphatic rings. The van der Waals surface area contributed by atoms with Crippen LogP contribution in [0.3, 0.4) is 0 Å². The van der Waals surface area contributed by atoms with Crippen LogP contribution >= 0.6 is 11.8 Å². The first-order chi connectivity index (χ1) is 8.33. The van der Waals surface area contributed by atoms with Crippen molar-refractivity contribution >= 4 is 11.8 Å². The first-order valence-corrected chi connectivity index (χ1v) is 7.31. The molecule has 0 saturated heterocycles. The van der Waals surface area contributed by atoms with Crippen molar-refractivity contribution in [2.45, 2.75) is 48.9 Å². The standard InChI is InChI=1S/C13H21N3S/c1-3-10-4-5-11(14-2)12(8-10)17-13-9-15-6-7-16-13/h6-7,9-12,14H,3-5,8H2,1-2H3. The van der Waals surface area contributed by atoms with E-state index in [0.29, 0.717) is 11.3 Å². The average Bonchev–Trinajstić information content (AvgIpc) is 2.40. The van der Waals surface area contributed by atoms with Crippen molar-refractivity contribution in [1.29, 1.82) is 0 Å². The lowest BCUT2D eigenvalue weighted by molar-refractivity contribution is 0.304. The van der Waals surface area contributed by atoms with Crippen LogP contribution in [0.4, 0.5) is 0 Å². The summed E-state index contributed by atoms with van der Waals surface area (Å²) in [5, 5.41) is 5.13. The molecule has 1 heterocycles. The van der Waals surface area contributed by atoms with Gasteiger partial charge in [-0.05, 0) is 32.2 Å². The minimum atomic E-state index is 0.616. The third-order valence-corrected chi connectivity index (χ3v) is 4.94. The average molecular weight is 251 g/mol. The Bertz CT molecular complexity index is 331. The van der Waals surface area contributed by atoms with E-state index in [1.807, 2.05) is 18.0 Å². The van der Waals surface area contributed by atoms with Gasteiger partial charge < -0.3 is 5.32 Å². The Hall–Kier alpha value is -0.610. The van der Waals surface area contributed by atoms with E-state index in [0.717, 1.165) is 10.9 Å². The van der Waals surface area contributed by atoms with Gasteiger partial charge in [0.25, 0.3) is 0 Å². The van der Waals surface area contributed by atoms with E-state index in [1.54, 1.807) is 12.4 Å². The highest BCUT2D eigenvalue weighted by Crippen LogP contribution is 2.36. The molecule has 0 aromatic carbocycles. The van der Waals surface area contributed by atoms with Crippen LogP contribution in [0.2, 0.25) is 0 Å². The molecule has 0 amide bonds. The Morgan fingerprint density at radius 3 is 2.94 bits per heavy atom. The van der Waals surface area contributed by atoms with Crippen LogP contribution in [0.25, 0.3) is 0 Å². The maximum Gasteiger partial charge on any atom is 0.115 e. The summed E-state index contributed by atoms with van der Waals surface area (Å²) >= 11 is 1.88. The molecule has 1 fully saturated rings. The Balaban J connectivity index is 2.00. The van der Waals surface area contributed by atoms with Gasteiger partial charge in [-0.3, -0.25) is 4.98 Å². The Morgan fingerprint density at radius 1 is 1.41 bits per heavy atom. The number of hydrogen-bond donors (Lipinski definition) is 1. The molecule has 3 atom stereocenters. The van der Waals surface area contributed by atoms with Gasteiger partial charge in [-0.2, -0.15) is 0 Å². The van der Waals surface area contributed by atoms with Crippen molar-refractivity contribution in [2.75, 3.05) is 7.05 Å². The lowest BCUT2D eigenvalue weighted by Crippen LogP contribution is -2.40. The molecule has 94 valence electrons. The lowest BCUT2D eigenvalue weighted by atomic mass is 9.84.